The van der Waals surface area contributed by atoms with Gasteiger partial charge in [-0.1, -0.05) is 30.3 Å². The molecule has 6 heteroatoms. The Bertz CT molecular complexity index is 472. The van der Waals surface area contributed by atoms with Crippen LogP contribution < -0.4 is 15.7 Å². The lowest BCUT2D eigenvalue weighted by molar-refractivity contribution is -0.665. The number of ether oxygens (including phenoxy) is 1. The van der Waals surface area contributed by atoms with Gasteiger partial charge >= 0.3 is 6.09 Å². The standard InChI is InChI=1S/C15H20N2O4/c18-14(19)13(12-6-8-16-9-7-12)17-15(20)21-10-11-4-2-1-3-5-11/h1-5,12-13,16H,6-10H2,(H,17,20)(H,18,19)/t13-/m1/s1. The number of hydrogen-bond acceptors (Lipinski definition) is 4. The van der Waals surface area contributed by atoms with Gasteiger partial charge in [-0.25, -0.2) is 4.79 Å². The summed E-state index contributed by atoms with van der Waals surface area (Å²) in [5.41, 5.74) is 0.852. The summed E-state index contributed by atoms with van der Waals surface area (Å²) in [6, 6.07) is 8.25. The summed E-state index contributed by atoms with van der Waals surface area (Å²) in [4.78, 5) is 23.0. The molecule has 21 heavy (non-hydrogen) atoms. The first-order chi connectivity index (χ1) is 10.2. The molecular weight excluding hydrogens is 272 g/mol. The molecule has 3 N–H and O–H groups in total. The molecule has 1 aromatic carbocycles. The fourth-order valence-corrected chi connectivity index (χ4v) is 2.55. The molecule has 0 aliphatic carbocycles. The van der Waals surface area contributed by atoms with Crippen molar-refractivity contribution in [3.8, 4) is 0 Å². The highest BCUT2D eigenvalue weighted by Crippen LogP contribution is 2.14. The van der Waals surface area contributed by atoms with E-state index >= 15 is 0 Å². The van der Waals surface area contributed by atoms with Gasteiger partial charge in [0.1, 0.15) is 6.61 Å². The minimum atomic E-state index is -1.25. The molecule has 114 valence electrons. The second-order valence-corrected chi connectivity index (χ2v) is 5.21. The number of alkyl carbamates (subject to hydrolysis) is 1. The maximum Gasteiger partial charge on any atom is 0.408 e. The number of hydrogen-bond donors (Lipinski definition) is 2. The lowest BCUT2D eigenvalue weighted by Gasteiger charge is -2.30. The molecule has 2 rings (SSSR count). The molecule has 0 aromatic heterocycles. The number of carbonyl (C=O) groups excluding carboxylic acids is 2. The van der Waals surface area contributed by atoms with Gasteiger partial charge in [0.2, 0.25) is 0 Å². The number of carboxylic acid groups (broad SMARTS) is 1. The van der Waals surface area contributed by atoms with Gasteiger partial charge in [0.05, 0.1) is 25.1 Å². The summed E-state index contributed by atoms with van der Waals surface area (Å²) in [6.45, 7) is 1.86. The summed E-state index contributed by atoms with van der Waals surface area (Å²) in [5.74, 6) is -1.34. The first-order valence-electron chi connectivity index (χ1n) is 7.16. The van der Waals surface area contributed by atoms with Gasteiger partial charge in [-0.05, 0) is 11.5 Å². The highest BCUT2D eigenvalue weighted by molar-refractivity contribution is 5.78. The first-order valence-corrected chi connectivity index (χ1v) is 7.16. The maximum absolute atomic E-state index is 11.7. The van der Waals surface area contributed by atoms with Crippen molar-refractivity contribution in [1.82, 2.24) is 5.32 Å². The van der Waals surface area contributed by atoms with Crippen molar-refractivity contribution in [2.45, 2.75) is 25.5 Å². The van der Waals surface area contributed by atoms with E-state index in [4.69, 9.17) is 4.74 Å². The number of nitrogens with one attached hydrogen (secondary N) is 1. The average Bonchev–Trinajstić information content (AvgIpc) is 2.52. The van der Waals surface area contributed by atoms with Crippen molar-refractivity contribution in [3.05, 3.63) is 35.9 Å². The Hall–Kier alpha value is -2.08. The Kier molecular flexibility index (Phi) is 5.57. The van der Waals surface area contributed by atoms with E-state index in [1.807, 2.05) is 30.3 Å². The highest BCUT2D eigenvalue weighted by atomic mass is 16.5. The normalized spacial score (nSPS) is 17.0. The van der Waals surface area contributed by atoms with Crippen LogP contribution in [0.5, 0.6) is 0 Å². The molecule has 6 nitrogen and oxygen atoms in total. The van der Waals surface area contributed by atoms with Gasteiger partial charge in [-0.2, -0.15) is 0 Å². The number of piperidine rings is 1. The van der Waals surface area contributed by atoms with E-state index in [0.29, 0.717) is 0 Å². The van der Waals surface area contributed by atoms with E-state index in [2.05, 4.69) is 10.6 Å². The van der Waals surface area contributed by atoms with Crippen molar-refractivity contribution in [2.75, 3.05) is 13.1 Å². The Morgan fingerprint density at radius 3 is 2.57 bits per heavy atom. The van der Waals surface area contributed by atoms with Gasteiger partial charge in [-0.15, -0.1) is 0 Å². The van der Waals surface area contributed by atoms with Crippen LogP contribution in [0.15, 0.2) is 30.3 Å². The van der Waals surface area contributed by atoms with Crippen LogP contribution in [0.1, 0.15) is 18.4 Å². The molecule has 1 saturated heterocycles. The predicted molar refractivity (Wildman–Crippen MR) is 72.9 cm³/mol. The largest absolute Gasteiger partial charge is 0.548 e. The second kappa shape index (κ2) is 7.64. The lowest BCUT2D eigenvalue weighted by atomic mass is 9.90. The first kappa shape index (κ1) is 15.3. The molecule has 0 spiro atoms. The molecular formula is C15H20N2O4. The fraction of sp³-hybridized carbons (Fsp3) is 0.467. The minimum Gasteiger partial charge on any atom is -0.548 e. The zero-order valence-electron chi connectivity index (χ0n) is 11.8. The third kappa shape index (κ3) is 4.75. The van der Waals surface area contributed by atoms with Crippen molar-refractivity contribution in [1.29, 1.82) is 0 Å². The SMILES string of the molecule is O=C(N[C@@H](C(=O)[O-])C1CC[NH2+]CC1)OCc1ccccc1. The van der Waals surface area contributed by atoms with Crippen LogP contribution in [0.2, 0.25) is 0 Å². The maximum atomic E-state index is 11.7. The Morgan fingerprint density at radius 2 is 1.95 bits per heavy atom. The quantitative estimate of drug-likeness (QED) is 0.728. The van der Waals surface area contributed by atoms with E-state index in [1.54, 1.807) is 0 Å². The van der Waals surface area contributed by atoms with Crippen molar-refractivity contribution >= 4 is 12.1 Å². The van der Waals surface area contributed by atoms with Crippen LogP contribution in [0, 0.1) is 5.92 Å². The van der Waals surface area contributed by atoms with E-state index < -0.39 is 18.1 Å². The molecule has 1 heterocycles. The minimum absolute atomic E-state index is 0.0933. The van der Waals surface area contributed by atoms with Crippen molar-refractivity contribution < 1.29 is 24.7 Å². The zero-order chi connectivity index (χ0) is 15.1. The molecule has 1 amide bonds. The topological polar surface area (TPSA) is 95.1 Å². The molecule has 1 fully saturated rings. The van der Waals surface area contributed by atoms with Gasteiger partial charge in [-0.3, -0.25) is 0 Å². The summed E-state index contributed by atoms with van der Waals surface area (Å²) >= 11 is 0. The Balaban J connectivity index is 1.84. The molecule has 0 saturated carbocycles. The van der Waals surface area contributed by atoms with Gasteiger partial charge in [0.25, 0.3) is 0 Å². The van der Waals surface area contributed by atoms with E-state index in [-0.39, 0.29) is 12.5 Å². The lowest BCUT2D eigenvalue weighted by Crippen LogP contribution is -2.86. The summed E-state index contributed by atoms with van der Waals surface area (Å²) in [7, 11) is 0. The van der Waals surface area contributed by atoms with Crippen LogP contribution in [0.3, 0.4) is 0 Å². The van der Waals surface area contributed by atoms with Crippen molar-refractivity contribution in [3.63, 3.8) is 0 Å². The Morgan fingerprint density at radius 1 is 1.29 bits per heavy atom. The van der Waals surface area contributed by atoms with Crippen LogP contribution >= 0.6 is 0 Å². The summed E-state index contributed by atoms with van der Waals surface area (Å²) in [6.07, 6.45) is 0.775. The molecule has 1 aliphatic heterocycles. The molecule has 0 radical (unpaired) electrons. The van der Waals surface area contributed by atoms with Crippen molar-refractivity contribution in [2.24, 2.45) is 5.92 Å². The summed E-state index contributed by atoms with van der Waals surface area (Å²) in [5, 5.41) is 15.8. The third-order valence-electron chi connectivity index (χ3n) is 3.69. The zero-order valence-corrected chi connectivity index (χ0v) is 11.8. The van der Waals surface area contributed by atoms with Crippen LogP contribution in [-0.4, -0.2) is 31.2 Å². The molecule has 1 atom stereocenters. The molecule has 0 unspecified atom stereocenters. The Labute approximate surface area is 123 Å². The predicted octanol–water partition coefficient (Wildman–Crippen LogP) is -0.995. The second-order valence-electron chi connectivity index (χ2n) is 5.21. The van der Waals surface area contributed by atoms with Crippen LogP contribution in [0.25, 0.3) is 0 Å². The number of benzene rings is 1. The third-order valence-corrected chi connectivity index (χ3v) is 3.69. The molecule has 0 bridgehead atoms. The number of rotatable bonds is 5. The molecule has 1 aromatic rings. The van der Waals surface area contributed by atoms with Gasteiger partial charge in [0, 0.05) is 12.8 Å². The number of aliphatic carboxylic acids is 1. The summed E-state index contributed by atoms with van der Waals surface area (Å²) < 4.78 is 5.05. The monoisotopic (exact) mass is 292 g/mol. The number of carbonyl (C=O) groups is 2. The number of carboxylic acids is 1. The van der Waals surface area contributed by atoms with E-state index in [0.717, 1.165) is 31.5 Å². The van der Waals surface area contributed by atoms with E-state index in [1.165, 1.54) is 0 Å². The highest BCUT2D eigenvalue weighted by Gasteiger charge is 2.27. The number of nitrogens with two attached hydrogens (primary N) is 1. The van der Waals surface area contributed by atoms with Gasteiger partial charge < -0.3 is 25.3 Å². The van der Waals surface area contributed by atoms with E-state index in [9.17, 15) is 14.7 Å². The number of quaternary nitrogens is 1. The fourth-order valence-electron chi connectivity index (χ4n) is 2.55. The number of amides is 1. The van der Waals surface area contributed by atoms with Crippen LogP contribution in [-0.2, 0) is 16.1 Å². The van der Waals surface area contributed by atoms with Crippen LogP contribution in [0.4, 0.5) is 4.79 Å². The molecule has 1 aliphatic rings. The van der Waals surface area contributed by atoms with Gasteiger partial charge in [0.15, 0.2) is 0 Å². The smallest absolute Gasteiger partial charge is 0.408 e. The average molecular weight is 292 g/mol.